The summed E-state index contributed by atoms with van der Waals surface area (Å²) in [6.07, 6.45) is 4.20. The average Bonchev–Trinajstić information content (AvgIpc) is 2.87. The molecule has 2 N–H and O–H groups in total. The molecule has 1 saturated heterocycles. The van der Waals surface area contributed by atoms with Crippen LogP contribution in [-0.4, -0.2) is 36.5 Å². The highest BCUT2D eigenvalue weighted by molar-refractivity contribution is 6.59. The van der Waals surface area contributed by atoms with Gasteiger partial charge >= 0.3 is 7.12 Å². The maximum Gasteiger partial charge on any atom is 0.492 e. The van der Waals surface area contributed by atoms with Gasteiger partial charge in [-0.05, 0) is 31.7 Å². The van der Waals surface area contributed by atoms with Crippen LogP contribution in [0.3, 0.4) is 0 Å². The zero-order chi connectivity index (χ0) is 13.7. The Morgan fingerprint density at radius 2 is 2.26 bits per heavy atom. The van der Waals surface area contributed by atoms with E-state index in [2.05, 4.69) is 0 Å². The maximum atomic E-state index is 13.1. The van der Waals surface area contributed by atoms with E-state index in [1.165, 1.54) is 18.2 Å². The lowest BCUT2D eigenvalue weighted by Gasteiger charge is -2.12. The zero-order valence-electron chi connectivity index (χ0n) is 10.7. The first-order chi connectivity index (χ1) is 9.16. The normalized spacial score (nSPS) is 18.6. The number of hydrogen-bond acceptors (Lipinski definition) is 4. The van der Waals surface area contributed by atoms with Crippen molar-refractivity contribution in [2.75, 3.05) is 13.2 Å². The van der Waals surface area contributed by atoms with Crippen molar-refractivity contribution in [3.05, 3.63) is 24.0 Å². The second-order valence-corrected chi connectivity index (χ2v) is 4.68. The molecule has 0 radical (unpaired) electrons. The van der Waals surface area contributed by atoms with Gasteiger partial charge in [0.2, 0.25) is 0 Å². The van der Waals surface area contributed by atoms with Gasteiger partial charge in [-0.15, -0.1) is 0 Å². The minimum absolute atomic E-state index is 0.179. The molecule has 19 heavy (non-hydrogen) atoms. The first-order valence-corrected chi connectivity index (χ1v) is 6.57. The fourth-order valence-electron chi connectivity index (χ4n) is 2.21. The Labute approximate surface area is 112 Å². The Kier molecular flexibility index (Phi) is 5.19. The van der Waals surface area contributed by atoms with Gasteiger partial charge in [0.25, 0.3) is 0 Å². The Balaban J connectivity index is 1.82. The van der Waals surface area contributed by atoms with E-state index in [9.17, 15) is 4.39 Å². The zero-order valence-corrected chi connectivity index (χ0v) is 10.7. The fourth-order valence-corrected chi connectivity index (χ4v) is 2.21. The first kappa shape index (κ1) is 14.3. The van der Waals surface area contributed by atoms with E-state index in [4.69, 9.17) is 19.5 Å². The molecule has 1 aromatic carbocycles. The van der Waals surface area contributed by atoms with E-state index in [0.29, 0.717) is 12.7 Å². The summed E-state index contributed by atoms with van der Waals surface area (Å²) >= 11 is 0. The van der Waals surface area contributed by atoms with E-state index in [1.807, 2.05) is 0 Å². The molecule has 0 aliphatic carbocycles. The Morgan fingerprint density at radius 3 is 2.95 bits per heavy atom. The molecular weight excluding hydrogens is 250 g/mol. The number of benzene rings is 1. The van der Waals surface area contributed by atoms with Gasteiger partial charge in [-0.2, -0.15) is 0 Å². The van der Waals surface area contributed by atoms with Gasteiger partial charge in [0.05, 0.1) is 12.7 Å². The lowest BCUT2D eigenvalue weighted by atomic mass is 9.79. The van der Waals surface area contributed by atoms with Crippen molar-refractivity contribution in [3.8, 4) is 5.75 Å². The molecule has 0 saturated carbocycles. The van der Waals surface area contributed by atoms with Crippen molar-refractivity contribution in [1.82, 2.24) is 0 Å². The number of hydrogen-bond donors (Lipinski definition) is 2. The van der Waals surface area contributed by atoms with Crippen molar-refractivity contribution >= 4 is 12.6 Å². The molecule has 1 unspecified atom stereocenters. The molecule has 1 fully saturated rings. The van der Waals surface area contributed by atoms with Gasteiger partial charge in [-0.3, -0.25) is 0 Å². The van der Waals surface area contributed by atoms with Crippen molar-refractivity contribution in [1.29, 1.82) is 0 Å². The van der Waals surface area contributed by atoms with Crippen LogP contribution < -0.4 is 10.2 Å². The van der Waals surface area contributed by atoms with Crippen molar-refractivity contribution < 1.29 is 23.9 Å². The van der Waals surface area contributed by atoms with Crippen LogP contribution in [0.4, 0.5) is 4.39 Å². The smallest absolute Gasteiger partial charge is 0.492 e. The summed E-state index contributed by atoms with van der Waals surface area (Å²) in [5.41, 5.74) is 0.179. The van der Waals surface area contributed by atoms with E-state index >= 15 is 0 Å². The van der Waals surface area contributed by atoms with Crippen LogP contribution in [-0.2, 0) is 4.74 Å². The average molecular weight is 268 g/mol. The molecule has 6 heteroatoms. The standard InChI is InChI=1S/C13H18BFO4/c15-10-5-6-12(14(16)17)13(9-10)19-8-2-4-11-3-1-7-18-11/h5-6,9,11,16-17H,1-4,7-8H2. The Hall–Kier alpha value is -1.11. The van der Waals surface area contributed by atoms with E-state index in [-0.39, 0.29) is 11.2 Å². The van der Waals surface area contributed by atoms with Crippen LogP contribution in [0.25, 0.3) is 0 Å². The second-order valence-electron chi connectivity index (χ2n) is 4.68. The van der Waals surface area contributed by atoms with E-state index < -0.39 is 12.9 Å². The molecule has 1 aliphatic rings. The molecule has 1 aromatic rings. The first-order valence-electron chi connectivity index (χ1n) is 6.57. The highest BCUT2D eigenvalue weighted by Crippen LogP contribution is 2.17. The molecule has 0 bridgehead atoms. The molecule has 0 amide bonds. The summed E-state index contributed by atoms with van der Waals surface area (Å²) in [6, 6.07) is 3.66. The summed E-state index contributed by atoms with van der Waals surface area (Å²) in [6.45, 7) is 1.24. The van der Waals surface area contributed by atoms with E-state index in [1.54, 1.807) is 0 Å². The summed E-state index contributed by atoms with van der Waals surface area (Å²) in [7, 11) is -1.66. The van der Waals surface area contributed by atoms with Crippen LogP contribution in [0.15, 0.2) is 18.2 Å². The molecule has 4 nitrogen and oxygen atoms in total. The lowest BCUT2D eigenvalue weighted by Crippen LogP contribution is -2.31. The number of halogens is 1. The van der Waals surface area contributed by atoms with Gasteiger partial charge in [0.1, 0.15) is 11.6 Å². The molecule has 1 atom stereocenters. The molecular formula is C13H18BFO4. The van der Waals surface area contributed by atoms with Gasteiger partial charge in [0.15, 0.2) is 0 Å². The highest BCUT2D eigenvalue weighted by Gasteiger charge is 2.18. The predicted molar refractivity (Wildman–Crippen MR) is 69.9 cm³/mol. The van der Waals surface area contributed by atoms with Crippen LogP contribution in [0.5, 0.6) is 5.75 Å². The largest absolute Gasteiger partial charge is 0.494 e. The molecule has 104 valence electrons. The summed E-state index contributed by atoms with van der Waals surface area (Å²) in [5.74, 6) is -0.277. The lowest BCUT2D eigenvalue weighted by molar-refractivity contribution is 0.0981. The highest BCUT2D eigenvalue weighted by atomic mass is 19.1. The predicted octanol–water partition coefficient (Wildman–Crippen LogP) is 0.843. The summed E-state index contributed by atoms with van der Waals surface area (Å²) in [5, 5.41) is 18.3. The SMILES string of the molecule is OB(O)c1ccc(F)cc1OCCCC1CCCO1. The third-order valence-corrected chi connectivity index (χ3v) is 3.21. The summed E-state index contributed by atoms with van der Waals surface area (Å²) < 4.78 is 24.0. The number of rotatable bonds is 6. The second kappa shape index (κ2) is 6.89. The van der Waals surface area contributed by atoms with Crippen LogP contribution in [0.1, 0.15) is 25.7 Å². The Bertz CT molecular complexity index is 408. The molecule has 0 spiro atoms. The third kappa shape index (κ3) is 4.19. The van der Waals surface area contributed by atoms with Gasteiger partial charge < -0.3 is 19.5 Å². The van der Waals surface area contributed by atoms with Crippen molar-refractivity contribution in [3.63, 3.8) is 0 Å². The molecule has 0 aromatic heterocycles. The van der Waals surface area contributed by atoms with Gasteiger partial charge in [-0.25, -0.2) is 4.39 Å². The molecule has 1 aliphatic heterocycles. The van der Waals surface area contributed by atoms with Crippen molar-refractivity contribution in [2.24, 2.45) is 0 Å². The topological polar surface area (TPSA) is 58.9 Å². The third-order valence-electron chi connectivity index (χ3n) is 3.21. The van der Waals surface area contributed by atoms with E-state index in [0.717, 1.165) is 32.3 Å². The monoisotopic (exact) mass is 268 g/mol. The quantitative estimate of drug-likeness (QED) is 0.593. The van der Waals surface area contributed by atoms with Crippen LogP contribution in [0, 0.1) is 5.82 Å². The van der Waals surface area contributed by atoms with Gasteiger partial charge in [-0.1, -0.05) is 6.07 Å². The van der Waals surface area contributed by atoms with Crippen LogP contribution in [0.2, 0.25) is 0 Å². The molecule has 1 heterocycles. The van der Waals surface area contributed by atoms with Crippen molar-refractivity contribution in [2.45, 2.75) is 31.8 Å². The number of ether oxygens (including phenoxy) is 2. The maximum absolute atomic E-state index is 13.1. The van der Waals surface area contributed by atoms with Gasteiger partial charge in [0, 0.05) is 18.1 Å². The summed E-state index contributed by atoms with van der Waals surface area (Å²) in [4.78, 5) is 0. The van der Waals surface area contributed by atoms with Crippen LogP contribution >= 0.6 is 0 Å². The minimum atomic E-state index is -1.66. The minimum Gasteiger partial charge on any atom is -0.494 e. The molecule has 2 rings (SSSR count). The Morgan fingerprint density at radius 1 is 1.42 bits per heavy atom. The fraction of sp³-hybridized carbons (Fsp3) is 0.538.